The molecule has 2 aromatic rings. The molecule has 37 heavy (non-hydrogen) atoms. The Kier molecular flexibility index (Phi) is 11.0. The van der Waals surface area contributed by atoms with Gasteiger partial charge < -0.3 is 0 Å². The van der Waals surface area contributed by atoms with Gasteiger partial charge in [0.25, 0.3) is 0 Å². The van der Waals surface area contributed by atoms with E-state index in [0.717, 1.165) is 31.0 Å². The van der Waals surface area contributed by atoms with E-state index in [1.54, 1.807) is 25.7 Å². The molecular formula is C29H39N3O4Se. The van der Waals surface area contributed by atoms with Gasteiger partial charge in [0, 0.05) is 0 Å². The zero-order chi connectivity index (χ0) is 26.7. The first-order chi connectivity index (χ1) is 17.7. The van der Waals surface area contributed by atoms with E-state index in [9.17, 15) is 14.4 Å². The molecule has 200 valence electrons. The van der Waals surface area contributed by atoms with E-state index in [-0.39, 0.29) is 39.4 Å². The third-order valence-electron chi connectivity index (χ3n) is 6.04. The fourth-order valence-electron chi connectivity index (χ4n) is 4.31. The van der Waals surface area contributed by atoms with E-state index >= 15 is 0 Å². The predicted molar refractivity (Wildman–Crippen MR) is 148 cm³/mol. The number of alkyl carbamates (subject to hydrolysis) is 1. The summed E-state index contributed by atoms with van der Waals surface area (Å²) in [5, 5.41) is 7.23. The van der Waals surface area contributed by atoms with Gasteiger partial charge in [-0.05, 0) is 0 Å². The Balaban J connectivity index is 1.80. The molecule has 1 aliphatic carbocycles. The molecule has 8 heteroatoms. The van der Waals surface area contributed by atoms with Gasteiger partial charge in [-0.2, -0.15) is 0 Å². The molecule has 0 bridgehead atoms. The fraction of sp³-hybridized carbons (Fsp3) is 0.483. The number of nitrogens with zero attached hydrogens (tertiary/aromatic N) is 1. The van der Waals surface area contributed by atoms with Crippen LogP contribution in [-0.4, -0.2) is 57.1 Å². The molecule has 0 spiro atoms. The number of amides is 3. The van der Waals surface area contributed by atoms with Crippen LogP contribution in [0.15, 0.2) is 60.7 Å². The van der Waals surface area contributed by atoms with Crippen molar-refractivity contribution in [3.8, 4) is 0 Å². The summed E-state index contributed by atoms with van der Waals surface area (Å²) < 4.78 is 5.30. The number of carbonyl (C=O) groups is 3. The summed E-state index contributed by atoms with van der Waals surface area (Å²) in [6.45, 7) is 5.05. The van der Waals surface area contributed by atoms with E-state index in [0.29, 0.717) is 11.0 Å². The molecule has 0 radical (unpaired) electrons. The van der Waals surface area contributed by atoms with Crippen molar-refractivity contribution in [1.82, 2.24) is 10.6 Å². The Morgan fingerprint density at radius 2 is 1.59 bits per heavy atom. The van der Waals surface area contributed by atoms with Gasteiger partial charge in [0.15, 0.2) is 0 Å². The van der Waals surface area contributed by atoms with Crippen molar-refractivity contribution in [2.45, 2.75) is 81.2 Å². The van der Waals surface area contributed by atoms with Crippen LogP contribution in [0.1, 0.15) is 58.4 Å². The van der Waals surface area contributed by atoms with Gasteiger partial charge in [-0.1, -0.05) is 0 Å². The standard InChI is InChI=1S/C29H39N3O4Se/c1-29(2,3)36-28(35)30-19-26(33)32(24-17-11-6-12-18-24)25(21-37-20-22-13-7-4-8-14-22)27(34)31-23-15-9-5-10-16-23/h4,6-8,11-14,17-18,23,25H,5,9-10,15-16,19-21H2,1-3H3,(H,30,35)(H,31,34). The van der Waals surface area contributed by atoms with Crippen LogP contribution in [0.3, 0.4) is 0 Å². The Bertz CT molecular complexity index is 1000. The number of para-hydroxylation sites is 1. The molecule has 1 atom stereocenters. The number of benzene rings is 2. The molecule has 3 rings (SSSR count). The van der Waals surface area contributed by atoms with E-state index in [4.69, 9.17) is 4.74 Å². The molecule has 0 aromatic heterocycles. The van der Waals surface area contributed by atoms with Gasteiger partial charge in [-0.25, -0.2) is 0 Å². The second-order valence-electron chi connectivity index (χ2n) is 10.3. The van der Waals surface area contributed by atoms with Crippen molar-refractivity contribution in [3.63, 3.8) is 0 Å². The first-order valence-corrected chi connectivity index (χ1v) is 15.4. The molecule has 1 fully saturated rings. The molecule has 2 N–H and O–H groups in total. The van der Waals surface area contributed by atoms with Gasteiger partial charge in [-0.15, -0.1) is 0 Å². The van der Waals surface area contributed by atoms with Gasteiger partial charge in [0.1, 0.15) is 0 Å². The molecule has 0 aliphatic heterocycles. The predicted octanol–water partition coefficient (Wildman–Crippen LogP) is 4.68. The Hall–Kier alpha value is -2.83. The summed E-state index contributed by atoms with van der Waals surface area (Å²) in [5.74, 6) is -0.479. The molecule has 2 aromatic carbocycles. The van der Waals surface area contributed by atoms with E-state index in [2.05, 4.69) is 22.8 Å². The summed E-state index contributed by atoms with van der Waals surface area (Å²) in [5.41, 5.74) is 1.19. The normalized spacial score (nSPS) is 14.9. The average molecular weight is 573 g/mol. The van der Waals surface area contributed by atoms with Crippen molar-refractivity contribution >= 4 is 38.6 Å². The quantitative estimate of drug-likeness (QED) is 0.405. The first-order valence-electron chi connectivity index (χ1n) is 13.0. The Morgan fingerprint density at radius 1 is 0.973 bits per heavy atom. The fourth-order valence-corrected chi connectivity index (χ4v) is 6.55. The maximum atomic E-state index is 13.7. The number of rotatable bonds is 10. The van der Waals surface area contributed by atoms with Crippen LogP contribution in [0.25, 0.3) is 0 Å². The van der Waals surface area contributed by atoms with Crippen molar-refractivity contribution in [2.24, 2.45) is 0 Å². The van der Waals surface area contributed by atoms with Gasteiger partial charge in [0.2, 0.25) is 0 Å². The second-order valence-corrected chi connectivity index (χ2v) is 12.5. The van der Waals surface area contributed by atoms with Crippen LogP contribution in [0.4, 0.5) is 10.5 Å². The third kappa shape index (κ3) is 9.86. The van der Waals surface area contributed by atoms with Gasteiger partial charge >= 0.3 is 227 Å². The van der Waals surface area contributed by atoms with Crippen LogP contribution in [0.2, 0.25) is 5.32 Å². The summed E-state index contributed by atoms with van der Waals surface area (Å²) in [6, 6.07) is 18.9. The second kappa shape index (κ2) is 14.2. The molecular weight excluding hydrogens is 533 g/mol. The number of hydrogen-bond acceptors (Lipinski definition) is 4. The average Bonchev–Trinajstić information content (AvgIpc) is 2.87. The topological polar surface area (TPSA) is 87.7 Å². The number of anilines is 1. The molecule has 0 heterocycles. The summed E-state index contributed by atoms with van der Waals surface area (Å²) in [7, 11) is 0. The van der Waals surface area contributed by atoms with Gasteiger partial charge in [0.05, 0.1) is 0 Å². The Morgan fingerprint density at radius 3 is 2.22 bits per heavy atom. The number of hydrogen-bond donors (Lipinski definition) is 2. The molecule has 3 amide bonds. The molecule has 7 nitrogen and oxygen atoms in total. The number of ether oxygens (including phenoxy) is 1. The van der Waals surface area contributed by atoms with E-state index in [1.807, 2.05) is 48.5 Å². The van der Waals surface area contributed by atoms with E-state index < -0.39 is 17.7 Å². The van der Waals surface area contributed by atoms with Gasteiger partial charge in [-0.3, -0.25) is 0 Å². The zero-order valence-corrected chi connectivity index (χ0v) is 23.8. The molecule has 1 aliphatic rings. The van der Waals surface area contributed by atoms with Crippen molar-refractivity contribution < 1.29 is 19.1 Å². The Labute approximate surface area is 226 Å². The monoisotopic (exact) mass is 573 g/mol. The molecule has 1 unspecified atom stereocenters. The van der Waals surface area contributed by atoms with E-state index in [1.165, 1.54) is 12.0 Å². The SMILES string of the molecule is CC(C)(C)OC(=O)NCC(=O)N(c1ccccc1)C(C[Se]Cc1ccccc1)C(=O)NC1CCCCC1. The van der Waals surface area contributed by atoms with Crippen LogP contribution in [0, 0.1) is 0 Å². The van der Waals surface area contributed by atoms with Crippen molar-refractivity contribution in [1.29, 1.82) is 0 Å². The van der Waals surface area contributed by atoms with Crippen LogP contribution in [0.5, 0.6) is 0 Å². The zero-order valence-electron chi connectivity index (χ0n) is 22.1. The van der Waals surface area contributed by atoms with Crippen LogP contribution >= 0.6 is 0 Å². The first kappa shape index (κ1) is 28.7. The minimum atomic E-state index is -0.672. The molecule has 0 saturated heterocycles. The number of nitrogens with one attached hydrogen (secondary N) is 2. The maximum absolute atomic E-state index is 13.7. The van der Waals surface area contributed by atoms with Crippen molar-refractivity contribution in [2.75, 3.05) is 11.4 Å². The minimum absolute atomic E-state index is 0.0851. The number of carbonyl (C=O) groups excluding carboxylic acids is 3. The molecule has 1 saturated carbocycles. The van der Waals surface area contributed by atoms with Crippen LogP contribution in [-0.2, 0) is 19.6 Å². The summed E-state index contributed by atoms with van der Waals surface area (Å²) in [6.07, 6.45) is 4.68. The summed E-state index contributed by atoms with van der Waals surface area (Å²) >= 11 is 0.0851. The summed E-state index contributed by atoms with van der Waals surface area (Å²) in [4.78, 5) is 41.1. The van der Waals surface area contributed by atoms with Crippen LogP contribution < -0.4 is 15.5 Å². The van der Waals surface area contributed by atoms with Crippen molar-refractivity contribution in [3.05, 3.63) is 66.2 Å². The third-order valence-corrected chi connectivity index (χ3v) is 8.32.